The van der Waals surface area contributed by atoms with E-state index in [2.05, 4.69) is 15.1 Å². The molecule has 1 aliphatic rings. The third kappa shape index (κ3) is 4.23. The van der Waals surface area contributed by atoms with Gasteiger partial charge in [-0.25, -0.2) is 4.39 Å². The second-order valence-electron chi connectivity index (χ2n) is 6.17. The summed E-state index contributed by atoms with van der Waals surface area (Å²) in [5, 5.41) is 7.86. The van der Waals surface area contributed by atoms with E-state index in [-0.39, 0.29) is 6.04 Å². The topological polar surface area (TPSA) is 54.6 Å². The van der Waals surface area contributed by atoms with Gasteiger partial charge >= 0.3 is 6.01 Å². The number of para-hydroxylation sites is 1. The summed E-state index contributed by atoms with van der Waals surface area (Å²) in [6.45, 7) is 4.12. The van der Waals surface area contributed by atoms with Gasteiger partial charge in [-0.15, -0.1) is 5.10 Å². The Morgan fingerprint density at radius 1 is 1.33 bits per heavy atom. The molecule has 3 rings (SSSR count). The number of alkyl halides is 1. The zero-order valence-corrected chi connectivity index (χ0v) is 14.1. The van der Waals surface area contributed by atoms with Gasteiger partial charge in [-0.2, -0.15) is 0 Å². The molecule has 2 heterocycles. The molecule has 7 heteroatoms. The summed E-state index contributed by atoms with van der Waals surface area (Å²) in [6, 6.07) is 10.2. The van der Waals surface area contributed by atoms with Crippen molar-refractivity contribution in [3.8, 4) is 5.75 Å². The van der Waals surface area contributed by atoms with Crippen LogP contribution in [0.1, 0.15) is 12.3 Å². The minimum absolute atomic E-state index is 0.0292. The van der Waals surface area contributed by atoms with E-state index in [1.165, 1.54) is 0 Å². The number of aryl methyl sites for hydroxylation is 1. The fourth-order valence-corrected chi connectivity index (χ4v) is 2.96. The molecule has 130 valence electrons. The summed E-state index contributed by atoms with van der Waals surface area (Å²) in [4.78, 5) is 4.01. The van der Waals surface area contributed by atoms with E-state index in [4.69, 9.17) is 9.15 Å². The SMILES string of the molecule is Cc1nnc(N2C[C@@H](F)C[C@H]2CN(C)CCOc2ccccc2)o1. The number of likely N-dealkylation sites (N-methyl/N-ethyl adjacent to an activating group) is 1. The predicted molar refractivity (Wildman–Crippen MR) is 89.1 cm³/mol. The van der Waals surface area contributed by atoms with Crippen LogP contribution in [0.15, 0.2) is 34.7 Å². The number of rotatable bonds is 7. The van der Waals surface area contributed by atoms with Crippen LogP contribution < -0.4 is 9.64 Å². The zero-order chi connectivity index (χ0) is 16.9. The first-order valence-corrected chi connectivity index (χ1v) is 8.19. The normalized spacial score (nSPS) is 20.8. The fraction of sp³-hybridized carbons (Fsp3) is 0.529. The van der Waals surface area contributed by atoms with E-state index in [1.54, 1.807) is 6.92 Å². The fourth-order valence-electron chi connectivity index (χ4n) is 2.96. The number of aromatic nitrogens is 2. The van der Waals surface area contributed by atoms with Gasteiger partial charge in [0.25, 0.3) is 0 Å². The minimum atomic E-state index is -0.865. The highest BCUT2D eigenvalue weighted by Gasteiger charge is 2.35. The largest absolute Gasteiger partial charge is 0.492 e. The molecular weight excluding hydrogens is 311 g/mol. The van der Waals surface area contributed by atoms with Crippen LogP contribution in [0.5, 0.6) is 5.75 Å². The van der Waals surface area contributed by atoms with Crippen LogP contribution in [0.25, 0.3) is 0 Å². The van der Waals surface area contributed by atoms with Gasteiger partial charge in [-0.05, 0) is 19.2 Å². The smallest absolute Gasteiger partial charge is 0.318 e. The molecule has 1 aromatic heterocycles. The molecule has 0 unspecified atom stereocenters. The Balaban J connectivity index is 1.50. The number of ether oxygens (including phenoxy) is 1. The lowest BCUT2D eigenvalue weighted by molar-refractivity contribution is 0.226. The number of nitrogens with zero attached hydrogens (tertiary/aromatic N) is 4. The molecule has 0 aliphatic carbocycles. The molecule has 0 N–H and O–H groups in total. The first-order valence-electron chi connectivity index (χ1n) is 8.19. The van der Waals surface area contributed by atoms with E-state index in [0.29, 0.717) is 31.5 Å². The highest BCUT2D eigenvalue weighted by Crippen LogP contribution is 2.26. The van der Waals surface area contributed by atoms with Crippen LogP contribution in [0.3, 0.4) is 0 Å². The van der Waals surface area contributed by atoms with Crippen LogP contribution in [0.4, 0.5) is 10.4 Å². The van der Waals surface area contributed by atoms with Crippen molar-refractivity contribution in [2.24, 2.45) is 0 Å². The molecule has 1 fully saturated rings. The summed E-state index contributed by atoms with van der Waals surface area (Å²) >= 11 is 0. The molecule has 2 aromatic rings. The molecule has 0 saturated carbocycles. The maximum atomic E-state index is 13.9. The third-order valence-electron chi connectivity index (χ3n) is 4.13. The third-order valence-corrected chi connectivity index (χ3v) is 4.13. The van der Waals surface area contributed by atoms with Crippen molar-refractivity contribution < 1.29 is 13.5 Å². The van der Waals surface area contributed by atoms with Crippen molar-refractivity contribution in [1.29, 1.82) is 0 Å². The summed E-state index contributed by atoms with van der Waals surface area (Å²) in [5.41, 5.74) is 0. The summed E-state index contributed by atoms with van der Waals surface area (Å²) in [6.07, 6.45) is -0.387. The highest BCUT2D eigenvalue weighted by molar-refractivity contribution is 5.30. The number of benzene rings is 1. The van der Waals surface area contributed by atoms with Crippen molar-refractivity contribution in [3.05, 3.63) is 36.2 Å². The zero-order valence-electron chi connectivity index (χ0n) is 14.1. The van der Waals surface area contributed by atoms with Gasteiger partial charge in [0.05, 0.1) is 6.54 Å². The minimum Gasteiger partial charge on any atom is -0.492 e. The van der Waals surface area contributed by atoms with Gasteiger partial charge in [-0.1, -0.05) is 23.3 Å². The van der Waals surface area contributed by atoms with Crippen LogP contribution in [-0.4, -0.2) is 60.6 Å². The van der Waals surface area contributed by atoms with E-state index in [0.717, 1.165) is 18.8 Å². The lowest BCUT2D eigenvalue weighted by Crippen LogP contribution is -2.40. The van der Waals surface area contributed by atoms with Gasteiger partial charge < -0.3 is 19.0 Å². The highest BCUT2D eigenvalue weighted by atomic mass is 19.1. The Bertz CT molecular complexity index is 637. The van der Waals surface area contributed by atoms with E-state index in [9.17, 15) is 4.39 Å². The van der Waals surface area contributed by atoms with Crippen molar-refractivity contribution in [3.63, 3.8) is 0 Å². The Hall–Kier alpha value is -2.15. The second kappa shape index (κ2) is 7.61. The lowest BCUT2D eigenvalue weighted by Gasteiger charge is -2.26. The van der Waals surface area contributed by atoms with Gasteiger partial charge in [-0.3, -0.25) is 0 Å². The average molecular weight is 334 g/mol. The summed E-state index contributed by atoms with van der Waals surface area (Å²) < 4.78 is 25.0. The van der Waals surface area contributed by atoms with E-state index < -0.39 is 6.17 Å². The lowest BCUT2D eigenvalue weighted by atomic mass is 10.2. The van der Waals surface area contributed by atoms with Gasteiger partial charge in [0, 0.05) is 32.5 Å². The van der Waals surface area contributed by atoms with Crippen molar-refractivity contribution in [2.45, 2.75) is 25.6 Å². The van der Waals surface area contributed by atoms with Crippen molar-refractivity contribution in [1.82, 2.24) is 15.1 Å². The maximum absolute atomic E-state index is 13.9. The van der Waals surface area contributed by atoms with Crippen LogP contribution in [0, 0.1) is 6.92 Å². The van der Waals surface area contributed by atoms with Crippen LogP contribution in [-0.2, 0) is 0 Å². The van der Waals surface area contributed by atoms with Crippen LogP contribution >= 0.6 is 0 Å². The van der Waals surface area contributed by atoms with E-state index in [1.807, 2.05) is 42.3 Å². The molecular formula is C17H23FN4O2. The molecule has 0 radical (unpaired) electrons. The molecule has 0 amide bonds. The molecule has 6 nitrogen and oxygen atoms in total. The van der Waals surface area contributed by atoms with Gasteiger partial charge in [0.2, 0.25) is 5.89 Å². The first kappa shape index (κ1) is 16.7. The van der Waals surface area contributed by atoms with Crippen LogP contribution in [0.2, 0.25) is 0 Å². The molecule has 2 atom stereocenters. The van der Waals surface area contributed by atoms with Gasteiger partial charge in [0.15, 0.2) is 0 Å². The van der Waals surface area contributed by atoms with E-state index >= 15 is 0 Å². The predicted octanol–water partition coefficient (Wildman–Crippen LogP) is 2.31. The van der Waals surface area contributed by atoms with Crippen molar-refractivity contribution >= 4 is 6.01 Å². The number of hydrogen-bond acceptors (Lipinski definition) is 6. The molecule has 0 spiro atoms. The summed E-state index contributed by atoms with van der Waals surface area (Å²) in [5.74, 6) is 1.36. The van der Waals surface area contributed by atoms with Crippen molar-refractivity contribution in [2.75, 3.05) is 38.2 Å². The number of hydrogen-bond donors (Lipinski definition) is 0. The molecule has 1 aliphatic heterocycles. The Labute approximate surface area is 141 Å². The molecule has 0 bridgehead atoms. The maximum Gasteiger partial charge on any atom is 0.318 e. The number of anilines is 1. The Kier molecular flexibility index (Phi) is 5.30. The Morgan fingerprint density at radius 3 is 2.83 bits per heavy atom. The molecule has 24 heavy (non-hydrogen) atoms. The molecule has 1 aromatic carbocycles. The number of halogens is 1. The summed E-state index contributed by atoms with van der Waals surface area (Å²) in [7, 11) is 2.01. The first-order chi connectivity index (χ1) is 11.6. The van der Waals surface area contributed by atoms with Gasteiger partial charge in [0.1, 0.15) is 18.5 Å². The second-order valence-corrected chi connectivity index (χ2v) is 6.17. The standard InChI is InChI=1S/C17H23FN4O2/c1-13-19-20-17(24-13)22-11-14(18)10-15(22)12-21(2)8-9-23-16-6-4-3-5-7-16/h3-7,14-15H,8-12H2,1-2H3/t14-,15-/m0/s1. The average Bonchev–Trinajstić information content (AvgIpc) is 3.14. The quantitative estimate of drug-likeness (QED) is 0.774. The monoisotopic (exact) mass is 334 g/mol. The molecule has 1 saturated heterocycles. The Morgan fingerprint density at radius 2 is 2.12 bits per heavy atom.